The molecule has 4 saturated heterocycles. The van der Waals surface area contributed by atoms with Crippen LogP contribution in [0.15, 0.2) is 24.3 Å². The van der Waals surface area contributed by atoms with E-state index >= 15 is 8.78 Å². The van der Waals surface area contributed by atoms with Gasteiger partial charge in [-0.05, 0) is 55.8 Å². The summed E-state index contributed by atoms with van der Waals surface area (Å²) >= 11 is 6.14. The second kappa shape index (κ2) is 9.94. The lowest BCUT2D eigenvalue weighted by molar-refractivity contribution is 0.107. The first-order valence-corrected chi connectivity index (χ1v) is 15.9. The van der Waals surface area contributed by atoms with Gasteiger partial charge in [-0.1, -0.05) is 17.7 Å². The zero-order valence-electron chi connectivity index (χ0n) is 24.2. The van der Waals surface area contributed by atoms with Crippen LogP contribution in [0.5, 0.6) is 17.6 Å². The van der Waals surface area contributed by atoms with Crippen molar-refractivity contribution in [2.45, 2.75) is 61.9 Å². The summed E-state index contributed by atoms with van der Waals surface area (Å²) in [4.78, 5) is 18.3. The van der Waals surface area contributed by atoms with Crippen LogP contribution in [0.2, 0.25) is 5.02 Å². The molecule has 5 aliphatic rings. The van der Waals surface area contributed by atoms with Crippen molar-refractivity contribution in [1.82, 2.24) is 25.2 Å². The highest BCUT2D eigenvalue weighted by Gasteiger charge is 2.50. The van der Waals surface area contributed by atoms with E-state index in [-0.39, 0.29) is 76.2 Å². The molecule has 4 fully saturated rings. The summed E-state index contributed by atoms with van der Waals surface area (Å²) in [5.41, 5.74) is -0.770. The molecule has 0 aliphatic carbocycles. The molecule has 0 unspecified atom stereocenters. The third-order valence-corrected chi connectivity index (χ3v) is 10.7. The van der Waals surface area contributed by atoms with E-state index in [1.807, 2.05) is 0 Å². The zero-order chi connectivity index (χ0) is 30.6. The average Bonchev–Trinajstić information content (AvgIpc) is 3.65. The zero-order valence-corrected chi connectivity index (χ0v) is 25.0. The molecule has 0 radical (unpaired) electrons. The van der Waals surface area contributed by atoms with Gasteiger partial charge in [0.2, 0.25) is 5.88 Å². The maximum absolute atomic E-state index is 16.9. The third-order valence-electron chi connectivity index (χ3n) is 10.4. The molecule has 234 valence electrons. The number of phenols is 1. The lowest BCUT2D eigenvalue weighted by atomic mass is 9.95. The Morgan fingerprint density at radius 1 is 1.11 bits per heavy atom. The Morgan fingerprint density at radius 3 is 2.89 bits per heavy atom. The molecular formula is C32H30ClF3N6O3. The molecule has 7 heterocycles. The highest BCUT2D eigenvalue weighted by atomic mass is 35.5. The van der Waals surface area contributed by atoms with Gasteiger partial charge in [-0.25, -0.2) is 18.2 Å². The standard InChI is InChI=1S/C32H30ClF3N6O3/c33-20-4-2-15-8-18(43)9-19(23(15)25(20)35)27-26(36)28-24-29(42-12-17-3-5-21(37-17)22(42)13-44-30(24)38-27)40-31(39-28)45-14-32-6-1-7-41(32)11-16(34)10-32/h2,4,8-9,16-17,21-22,37,43H,1,3,5-7,10-14H2/t16-,17-,21+,22-,32+/m1/s1. The number of aromatic hydroxyl groups is 1. The molecular weight excluding hydrogens is 609 g/mol. The lowest BCUT2D eigenvalue weighted by Gasteiger charge is -2.40. The predicted octanol–water partition coefficient (Wildman–Crippen LogP) is 5.14. The Labute approximate surface area is 261 Å². The van der Waals surface area contributed by atoms with E-state index in [0.717, 1.165) is 32.2 Å². The second-order valence-corrected chi connectivity index (χ2v) is 13.4. The number of anilines is 1. The van der Waals surface area contributed by atoms with Crippen LogP contribution in [0.4, 0.5) is 19.0 Å². The van der Waals surface area contributed by atoms with Crippen LogP contribution in [0.1, 0.15) is 32.1 Å². The van der Waals surface area contributed by atoms with Crippen molar-refractivity contribution in [2.75, 3.05) is 37.7 Å². The summed E-state index contributed by atoms with van der Waals surface area (Å²) in [6, 6.07) is 5.85. The number of alkyl halides is 1. The van der Waals surface area contributed by atoms with Crippen molar-refractivity contribution < 1.29 is 27.8 Å². The number of benzene rings is 2. The molecule has 45 heavy (non-hydrogen) atoms. The van der Waals surface area contributed by atoms with Crippen LogP contribution >= 0.6 is 11.6 Å². The molecule has 4 aromatic rings. The lowest BCUT2D eigenvalue weighted by Crippen LogP contribution is -2.60. The first kappa shape index (κ1) is 27.7. The number of ether oxygens (including phenoxy) is 2. The predicted molar refractivity (Wildman–Crippen MR) is 162 cm³/mol. The number of nitrogens with zero attached hydrogens (tertiary/aromatic N) is 5. The van der Waals surface area contributed by atoms with E-state index in [1.54, 1.807) is 6.07 Å². The van der Waals surface area contributed by atoms with Crippen molar-refractivity contribution in [2.24, 2.45) is 0 Å². The van der Waals surface area contributed by atoms with Crippen molar-refractivity contribution >= 4 is 39.1 Å². The van der Waals surface area contributed by atoms with Gasteiger partial charge in [0.15, 0.2) is 5.82 Å². The minimum atomic E-state index is -0.926. The van der Waals surface area contributed by atoms with Gasteiger partial charge < -0.3 is 24.8 Å². The van der Waals surface area contributed by atoms with E-state index in [0.29, 0.717) is 36.1 Å². The third kappa shape index (κ3) is 4.18. The molecule has 2 aromatic carbocycles. The van der Waals surface area contributed by atoms with Gasteiger partial charge >= 0.3 is 6.01 Å². The summed E-state index contributed by atoms with van der Waals surface area (Å²) in [7, 11) is 0. The average molecular weight is 639 g/mol. The fourth-order valence-corrected chi connectivity index (χ4v) is 8.53. The Hall–Kier alpha value is -3.61. The normalized spacial score (nSPS) is 28.8. The second-order valence-electron chi connectivity index (χ2n) is 13.0. The summed E-state index contributed by atoms with van der Waals surface area (Å²) in [6.07, 6.45) is 3.17. The largest absolute Gasteiger partial charge is 0.508 e. The van der Waals surface area contributed by atoms with Crippen molar-refractivity contribution in [1.29, 1.82) is 0 Å². The summed E-state index contributed by atoms with van der Waals surface area (Å²) in [5, 5.41) is 14.7. The Morgan fingerprint density at radius 2 is 2.00 bits per heavy atom. The van der Waals surface area contributed by atoms with Crippen LogP contribution in [-0.2, 0) is 0 Å². The molecule has 2 N–H and O–H groups in total. The highest BCUT2D eigenvalue weighted by Crippen LogP contribution is 2.45. The number of fused-ring (bicyclic) bond motifs is 7. The van der Waals surface area contributed by atoms with E-state index in [4.69, 9.17) is 26.1 Å². The quantitative estimate of drug-likeness (QED) is 0.315. The molecule has 0 amide bonds. The van der Waals surface area contributed by atoms with E-state index in [2.05, 4.69) is 25.1 Å². The smallest absolute Gasteiger partial charge is 0.319 e. The molecule has 5 aliphatic heterocycles. The van der Waals surface area contributed by atoms with Crippen molar-refractivity contribution in [3.8, 4) is 28.9 Å². The molecule has 13 heteroatoms. The first-order valence-electron chi connectivity index (χ1n) is 15.5. The first-order chi connectivity index (χ1) is 21.8. The van der Waals surface area contributed by atoms with Crippen LogP contribution < -0.4 is 19.7 Å². The summed E-state index contributed by atoms with van der Waals surface area (Å²) < 4.78 is 59.4. The van der Waals surface area contributed by atoms with Crippen molar-refractivity contribution in [3.05, 3.63) is 40.9 Å². The van der Waals surface area contributed by atoms with Crippen molar-refractivity contribution in [3.63, 3.8) is 0 Å². The SMILES string of the molecule is Oc1cc(-c2nc3c4c(nc(OC[C@@]56CCCN5C[C@H](F)C6)nc4c2F)N2C[C@H]4CC[C@H](N4)[C@H]2CO3)c2c(F)c(Cl)ccc2c1. The number of aromatic nitrogens is 3. The fourth-order valence-electron chi connectivity index (χ4n) is 8.38. The number of phenolic OH excluding ortho intramolecular Hbond substituents is 1. The number of pyridine rings is 1. The minimum Gasteiger partial charge on any atom is -0.508 e. The number of hydrogen-bond donors (Lipinski definition) is 2. The maximum atomic E-state index is 16.9. The van der Waals surface area contributed by atoms with Gasteiger partial charge in [-0.3, -0.25) is 4.90 Å². The van der Waals surface area contributed by atoms with Gasteiger partial charge in [-0.15, -0.1) is 0 Å². The Balaban J connectivity index is 1.24. The van der Waals surface area contributed by atoms with Gasteiger partial charge in [0.25, 0.3) is 0 Å². The molecule has 9 nitrogen and oxygen atoms in total. The summed E-state index contributed by atoms with van der Waals surface area (Å²) in [6.45, 7) is 2.27. The number of piperazine rings is 1. The van der Waals surface area contributed by atoms with Crippen LogP contribution in [0, 0.1) is 11.6 Å². The van der Waals surface area contributed by atoms with Gasteiger partial charge in [0.05, 0.1) is 16.6 Å². The number of nitrogens with one attached hydrogen (secondary N) is 1. The van der Waals surface area contributed by atoms with Gasteiger partial charge in [0.1, 0.15) is 53.4 Å². The van der Waals surface area contributed by atoms with Crippen LogP contribution in [-0.4, -0.2) is 87.6 Å². The van der Waals surface area contributed by atoms with Gasteiger partial charge in [-0.2, -0.15) is 9.97 Å². The Kier molecular flexibility index (Phi) is 6.12. The monoisotopic (exact) mass is 638 g/mol. The van der Waals surface area contributed by atoms with E-state index < -0.39 is 23.3 Å². The van der Waals surface area contributed by atoms with Crippen LogP contribution in [0.3, 0.4) is 0 Å². The Bertz CT molecular complexity index is 1900. The molecule has 5 atom stereocenters. The molecule has 0 saturated carbocycles. The molecule has 9 rings (SSSR count). The highest BCUT2D eigenvalue weighted by molar-refractivity contribution is 6.31. The number of hydrogen-bond acceptors (Lipinski definition) is 9. The van der Waals surface area contributed by atoms with Gasteiger partial charge in [0, 0.05) is 42.5 Å². The molecule has 2 bridgehead atoms. The number of rotatable bonds is 4. The topological polar surface area (TPSA) is 95.9 Å². The minimum absolute atomic E-state index is 0.00926. The van der Waals surface area contributed by atoms with Crippen LogP contribution in [0.25, 0.3) is 32.9 Å². The molecule has 2 aromatic heterocycles. The fraction of sp³-hybridized carbons (Fsp3) is 0.469. The van der Waals surface area contributed by atoms with E-state index in [1.165, 1.54) is 18.2 Å². The van der Waals surface area contributed by atoms with E-state index in [9.17, 15) is 9.50 Å². The maximum Gasteiger partial charge on any atom is 0.319 e. The number of halogens is 4. The summed E-state index contributed by atoms with van der Waals surface area (Å²) in [5.74, 6) is -1.20. The molecule has 0 spiro atoms.